The van der Waals surface area contributed by atoms with E-state index in [2.05, 4.69) is 63.3 Å². The number of morpholine rings is 2. The molecule has 0 atom stereocenters. The predicted octanol–water partition coefficient (Wildman–Crippen LogP) is 6.24. The van der Waals surface area contributed by atoms with E-state index in [0.29, 0.717) is 19.3 Å². The molecule has 10 rings (SSSR count). The number of benzene rings is 1. The molecule has 0 radical (unpaired) electrons. The van der Waals surface area contributed by atoms with Gasteiger partial charge in [0, 0.05) is 112 Å². The number of pyridine rings is 4. The first-order chi connectivity index (χ1) is 29.0. The Morgan fingerprint density at radius 1 is 0.661 bits per heavy atom. The average Bonchev–Trinajstić information content (AvgIpc) is 4.05. The fraction of sp³-hybridized carbons (Fsp3) is 0.349. The number of fused-ring (bicyclic) bond motifs is 2. The van der Waals surface area contributed by atoms with Crippen LogP contribution in [0.5, 0.6) is 0 Å². The molecular formula is C43H47FN12O3. The molecule has 0 amide bonds. The molecule has 16 heteroatoms. The van der Waals surface area contributed by atoms with Crippen LogP contribution in [0.3, 0.4) is 0 Å². The highest BCUT2D eigenvalue weighted by molar-refractivity contribution is 6.02. The summed E-state index contributed by atoms with van der Waals surface area (Å²) in [5.74, 6) is 1.59. The van der Waals surface area contributed by atoms with Crippen molar-refractivity contribution in [1.29, 1.82) is 0 Å². The third-order valence-electron chi connectivity index (χ3n) is 11.3. The van der Waals surface area contributed by atoms with Crippen molar-refractivity contribution in [2.75, 3.05) is 99.5 Å². The molecule has 6 aromatic heterocycles. The molecule has 0 spiro atoms. The van der Waals surface area contributed by atoms with Crippen molar-refractivity contribution in [1.82, 2.24) is 40.3 Å². The summed E-state index contributed by atoms with van der Waals surface area (Å²) in [6, 6.07) is 18.6. The van der Waals surface area contributed by atoms with Gasteiger partial charge in [-0.2, -0.15) is 10.2 Å². The van der Waals surface area contributed by atoms with Gasteiger partial charge >= 0.3 is 0 Å². The topological polar surface area (TPSA) is 150 Å². The number of nitrogens with zero attached hydrogens (tertiary/aromatic N) is 10. The van der Waals surface area contributed by atoms with Crippen molar-refractivity contribution in [2.45, 2.75) is 18.9 Å². The molecule has 9 heterocycles. The number of nitrogens with one attached hydrogen (secondary N) is 2. The van der Waals surface area contributed by atoms with Crippen molar-refractivity contribution in [3.8, 4) is 22.8 Å². The van der Waals surface area contributed by atoms with E-state index in [-0.39, 0.29) is 5.82 Å². The first kappa shape index (κ1) is 38.3. The quantitative estimate of drug-likeness (QED) is 0.179. The number of piperidine rings is 1. The van der Waals surface area contributed by atoms with Gasteiger partial charge in [-0.15, -0.1) is 0 Å². The normalized spacial score (nSPS) is 16.4. The Kier molecular flexibility index (Phi) is 11.2. The summed E-state index contributed by atoms with van der Waals surface area (Å²) in [4.78, 5) is 28.3. The molecule has 59 heavy (non-hydrogen) atoms. The number of aromatic nitrogens is 8. The lowest BCUT2D eigenvalue weighted by Gasteiger charge is -2.35. The summed E-state index contributed by atoms with van der Waals surface area (Å²) in [6.45, 7) is 8.00. The first-order valence-corrected chi connectivity index (χ1v) is 20.1. The molecule has 3 aliphatic rings. The van der Waals surface area contributed by atoms with Crippen LogP contribution in [0.2, 0.25) is 0 Å². The second-order valence-corrected chi connectivity index (χ2v) is 14.7. The molecule has 7 aromatic rings. The number of rotatable bonds is 8. The van der Waals surface area contributed by atoms with Crippen LogP contribution in [0.1, 0.15) is 12.8 Å². The minimum Gasteiger partial charge on any atom is -0.381 e. The van der Waals surface area contributed by atoms with Crippen molar-refractivity contribution in [2.24, 2.45) is 0 Å². The Bertz CT molecular complexity index is 2470. The van der Waals surface area contributed by atoms with Crippen molar-refractivity contribution in [3.05, 3.63) is 91.3 Å². The lowest BCUT2D eigenvalue weighted by molar-refractivity contribution is 0.0819. The van der Waals surface area contributed by atoms with Crippen LogP contribution in [-0.4, -0.2) is 126 Å². The Labute approximate surface area is 341 Å². The van der Waals surface area contributed by atoms with Gasteiger partial charge in [0.05, 0.1) is 49.6 Å². The molecule has 3 aliphatic heterocycles. The van der Waals surface area contributed by atoms with E-state index in [1.165, 1.54) is 17.8 Å². The maximum atomic E-state index is 13.5. The van der Waals surface area contributed by atoms with E-state index < -0.39 is 0 Å². The number of methoxy groups -OCH3 is 1. The number of anilines is 5. The number of hydrogen-bond acceptors (Lipinski definition) is 13. The van der Waals surface area contributed by atoms with Gasteiger partial charge in [-0.3, -0.25) is 20.2 Å². The maximum Gasteiger partial charge on any atom is 0.131 e. The predicted molar refractivity (Wildman–Crippen MR) is 227 cm³/mol. The fourth-order valence-electron chi connectivity index (χ4n) is 8.00. The molecule has 304 valence electrons. The summed E-state index contributed by atoms with van der Waals surface area (Å²) in [5.41, 5.74) is 8.03. The van der Waals surface area contributed by atoms with E-state index in [4.69, 9.17) is 24.2 Å². The lowest BCUT2D eigenvalue weighted by Crippen LogP contribution is -2.38. The van der Waals surface area contributed by atoms with Gasteiger partial charge in [-0.05, 0) is 61.4 Å². The molecule has 0 aliphatic carbocycles. The van der Waals surface area contributed by atoms with Crippen LogP contribution in [0.4, 0.5) is 33.1 Å². The first-order valence-electron chi connectivity index (χ1n) is 20.1. The smallest absolute Gasteiger partial charge is 0.131 e. The molecular weight excluding hydrogens is 752 g/mol. The fourth-order valence-corrected chi connectivity index (χ4v) is 8.00. The van der Waals surface area contributed by atoms with Gasteiger partial charge in [0.2, 0.25) is 0 Å². The van der Waals surface area contributed by atoms with Crippen molar-refractivity contribution in [3.63, 3.8) is 0 Å². The molecule has 0 saturated carbocycles. The number of H-pyrrole nitrogens is 2. The van der Waals surface area contributed by atoms with Gasteiger partial charge in [0.25, 0.3) is 0 Å². The largest absolute Gasteiger partial charge is 0.381 e. The number of halogens is 1. The van der Waals surface area contributed by atoms with Crippen LogP contribution >= 0.6 is 0 Å². The maximum absolute atomic E-state index is 13.5. The van der Waals surface area contributed by atoms with Crippen LogP contribution in [0.25, 0.3) is 44.6 Å². The average molecular weight is 799 g/mol. The monoisotopic (exact) mass is 798 g/mol. The van der Waals surface area contributed by atoms with Crippen molar-refractivity contribution >= 4 is 50.5 Å². The second kappa shape index (κ2) is 17.3. The van der Waals surface area contributed by atoms with Crippen LogP contribution < -0.4 is 19.6 Å². The van der Waals surface area contributed by atoms with Crippen LogP contribution in [0.15, 0.2) is 85.5 Å². The standard InChI is InChI=1S/C22H21FN6O.C21H26N6O2/c1-28(16-4-2-15(23)3-5-16)19-14-20(29-10-12-30-13-11-29)26-21-17(19)6-8-24-22(21)18-7-9-25-27-18;1-28-15-4-8-26(9-5-15)18-14-19(27-10-12-29-13-11-27)24-20-16(18)2-6-22-21(20)17-3-7-23-25-17/h2-9,14H,10-13H2,1H3,(H,25,27);2-3,6-7,14-15H,4-5,8-13H2,1H3,(H,23,25). The Morgan fingerprint density at radius 3 is 1.75 bits per heavy atom. The molecule has 1 aromatic carbocycles. The van der Waals surface area contributed by atoms with E-state index in [1.807, 2.05) is 36.3 Å². The second-order valence-electron chi connectivity index (χ2n) is 14.7. The van der Waals surface area contributed by atoms with Crippen LogP contribution in [-0.2, 0) is 14.2 Å². The van der Waals surface area contributed by atoms with E-state index >= 15 is 0 Å². The number of ether oxygens (including phenoxy) is 3. The van der Waals surface area contributed by atoms with E-state index in [9.17, 15) is 4.39 Å². The molecule has 3 saturated heterocycles. The third kappa shape index (κ3) is 8.11. The SMILES string of the molecule is CN(c1ccc(F)cc1)c1cc(N2CCOCC2)nc2c(-c3ccn[nH]3)nccc12.COC1CCN(c2cc(N3CCOCC3)nc3c(-c4ccn[nH]4)nccc23)CC1. The highest BCUT2D eigenvalue weighted by Gasteiger charge is 2.25. The van der Waals surface area contributed by atoms with Gasteiger partial charge in [0.1, 0.15) is 39.9 Å². The van der Waals surface area contributed by atoms with Gasteiger partial charge in [-0.1, -0.05) is 0 Å². The minimum absolute atomic E-state index is 0.258. The highest BCUT2D eigenvalue weighted by Crippen LogP contribution is 2.38. The van der Waals surface area contributed by atoms with Gasteiger partial charge in [0.15, 0.2) is 0 Å². The summed E-state index contributed by atoms with van der Waals surface area (Å²) in [7, 11) is 3.78. The van der Waals surface area contributed by atoms with Gasteiger partial charge in [-0.25, -0.2) is 14.4 Å². The van der Waals surface area contributed by atoms with E-state index in [0.717, 1.165) is 133 Å². The zero-order chi connectivity index (χ0) is 40.1. The number of hydrogen-bond donors (Lipinski definition) is 2. The Hall–Kier alpha value is -6.23. The molecule has 2 N–H and O–H groups in total. The molecule has 3 fully saturated rings. The third-order valence-corrected chi connectivity index (χ3v) is 11.3. The molecule has 0 bridgehead atoms. The van der Waals surface area contributed by atoms with Crippen LogP contribution in [0, 0.1) is 5.82 Å². The zero-order valence-corrected chi connectivity index (χ0v) is 33.2. The van der Waals surface area contributed by atoms with Crippen molar-refractivity contribution < 1.29 is 18.6 Å². The lowest BCUT2D eigenvalue weighted by atomic mass is 10.0. The summed E-state index contributed by atoms with van der Waals surface area (Å²) in [6.07, 6.45) is 9.50. The Morgan fingerprint density at radius 2 is 1.20 bits per heavy atom. The molecule has 0 unspecified atom stereocenters. The number of aromatic amines is 2. The zero-order valence-electron chi connectivity index (χ0n) is 33.2. The summed E-state index contributed by atoms with van der Waals surface area (Å²) in [5, 5.41) is 16.3. The Balaban J connectivity index is 0.000000152. The summed E-state index contributed by atoms with van der Waals surface area (Å²) < 4.78 is 30.1. The summed E-state index contributed by atoms with van der Waals surface area (Å²) >= 11 is 0. The highest BCUT2D eigenvalue weighted by atomic mass is 19.1. The molecule has 15 nitrogen and oxygen atoms in total. The van der Waals surface area contributed by atoms with Gasteiger partial charge < -0.3 is 33.8 Å². The van der Waals surface area contributed by atoms with E-state index in [1.54, 1.807) is 37.8 Å². The minimum atomic E-state index is -0.258.